The second kappa shape index (κ2) is 8.04. The van der Waals surface area contributed by atoms with Crippen LogP contribution in [0, 0.1) is 0 Å². The number of nitrogens with zero attached hydrogens (tertiary/aromatic N) is 1. The van der Waals surface area contributed by atoms with Crippen molar-refractivity contribution in [1.82, 2.24) is 9.55 Å². The monoisotopic (exact) mass is 340 g/mol. The zero-order chi connectivity index (χ0) is 17.7. The zero-order valence-electron chi connectivity index (χ0n) is 13.2. The Hall–Kier alpha value is -2.23. The van der Waals surface area contributed by atoms with Crippen LogP contribution in [-0.2, 0) is 14.3 Å². The Labute approximate surface area is 137 Å². The maximum Gasteiger partial charge on any atom is 0.330 e. The Morgan fingerprint density at radius 2 is 2.29 bits per heavy atom. The molecule has 2 rings (SSSR count). The summed E-state index contributed by atoms with van der Waals surface area (Å²) in [5.74, 6) is -0.384. The summed E-state index contributed by atoms with van der Waals surface area (Å²) in [6.45, 7) is 1.14. The van der Waals surface area contributed by atoms with E-state index < -0.39 is 29.7 Å². The van der Waals surface area contributed by atoms with E-state index in [0.29, 0.717) is 6.42 Å². The lowest BCUT2D eigenvalue weighted by molar-refractivity contribution is -0.140. The molecule has 132 valence electrons. The second-order valence-electron chi connectivity index (χ2n) is 5.40. The molecular formula is C15H20N2O7. The molecule has 1 fully saturated rings. The van der Waals surface area contributed by atoms with Crippen LogP contribution in [0.2, 0.25) is 0 Å². The highest BCUT2D eigenvalue weighted by atomic mass is 16.5. The van der Waals surface area contributed by atoms with Crippen LogP contribution in [0.4, 0.5) is 0 Å². The first-order chi connectivity index (χ1) is 11.4. The van der Waals surface area contributed by atoms with Gasteiger partial charge in [-0.25, -0.2) is 4.79 Å². The average molecular weight is 340 g/mol. The molecule has 0 radical (unpaired) electrons. The molecule has 3 N–H and O–H groups in total. The van der Waals surface area contributed by atoms with Crippen molar-refractivity contribution in [2.75, 3.05) is 13.2 Å². The summed E-state index contributed by atoms with van der Waals surface area (Å²) in [6.07, 6.45) is 2.61. The van der Waals surface area contributed by atoms with E-state index in [9.17, 15) is 19.5 Å². The molecule has 1 aromatic rings. The molecule has 9 nitrogen and oxygen atoms in total. The highest BCUT2D eigenvalue weighted by Gasteiger charge is 2.35. The number of aromatic amines is 1. The van der Waals surface area contributed by atoms with Gasteiger partial charge in [0.1, 0.15) is 12.3 Å². The van der Waals surface area contributed by atoms with E-state index in [0.717, 1.165) is 0 Å². The molecule has 9 heteroatoms. The predicted octanol–water partition coefficient (Wildman–Crippen LogP) is -0.856. The molecule has 1 saturated heterocycles. The van der Waals surface area contributed by atoms with Gasteiger partial charge in [-0.1, -0.05) is 12.2 Å². The van der Waals surface area contributed by atoms with Crippen molar-refractivity contribution in [3.8, 4) is 0 Å². The SMILES string of the molecule is CC(=O)OCCC=Cc1cn([C@H]2C[C@H](O)[C@@H](CO)O2)c(=O)[nH]c1=O. The summed E-state index contributed by atoms with van der Waals surface area (Å²) < 4.78 is 11.4. The van der Waals surface area contributed by atoms with Gasteiger partial charge in [0, 0.05) is 19.5 Å². The Morgan fingerprint density at radius 1 is 1.54 bits per heavy atom. The first-order valence-corrected chi connectivity index (χ1v) is 7.52. The molecule has 1 aliphatic heterocycles. The predicted molar refractivity (Wildman–Crippen MR) is 83.2 cm³/mol. The summed E-state index contributed by atoms with van der Waals surface area (Å²) in [5.41, 5.74) is -0.993. The Kier molecular flexibility index (Phi) is 6.07. The number of aromatic nitrogens is 2. The van der Waals surface area contributed by atoms with Crippen LogP contribution in [0.15, 0.2) is 21.9 Å². The van der Waals surface area contributed by atoms with Crippen LogP contribution >= 0.6 is 0 Å². The number of aliphatic hydroxyl groups is 2. The van der Waals surface area contributed by atoms with Crippen LogP contribution in [-0.4, -0.2) is 51.2 Å². The number of hydrogen-bond acceptors (Lipinski definition) is 7. The number of rotatable bonds is 6. The van der Waals surface area contributed by atoms with E-state index in [1.54, 1.807) is 6.08 Å². The summed E-state index contributed by atoms with van der Waals surface area (Å²) in [5, 5.41) is 18.9. The minimum absolute atomic E-state index is 0.132. The number of hydrogen-bond donors (Lipinski definition) is 3. The summed E-state index contributed by atoms with van der Waals surface area (Å²) in [7, 11) is 0. The zero-order valence-corrected chi connectivity index (χ0v) is 13.2. The lowest BCUT2D eigenvalue weighted by atomic mass is 10.2. The third kappa shape index (κ3) is 4.40. The number of esters is 1. The highest BCUT2D eigenvalue weighted by Crippen LogP contribution is 2.27. The largest absolute Gasteiger partial charge is 0.466 e. The molecular weight excluding hydrogens is 320 g/mol. The maximum atomic E-state index is 11.9. The molecule has 3 atom stereocenters. The van der Waals surface area contributed by atoms with Gasteiger partial charge < -0.3 is 19.7 Å². The number of aliphatic hydroxyl groups excluding tert-OH is 2. The number of carbonyl (C=O) groups is 1. The fraction of sp³-hybridized carbons (Fsp3) is 0.533. The van der Waals surface area contributed by atoms with Gasteiger partial charge in [-0.05, 0) is 6.42 Å². The van der Waals surface area contributed by atoms with Gasteiger partial charge in [0.25, 0.3) is 5.56 Å². The first-order valence-electron chi connectivity index (χ1n) is 7.52. The van der Waals surface area contributed by atoms with Crippen molar-refractivity contribution in [1.29, 1.82) is 0 Å². The van der Waals surface area contributed by atoms with Crippen molar-refractivity contribution < 1.29 is 24.5 Å². The van der Waals surface area contributed by atoms with E-state index in [-0.39, 0.29) is 31.2 Å². The fourth-order valence-electron chi connectivity index (χ4n) is 2.36. The quantitative estimate of drug-likeness (QED) is 0.454. The minimum Gasteiger partial charge on any atom is -0.466 e. The normalized spacial score (nSPS) is 23.7. The van der Waals surface area contributed by atoms with Crippen LogP contribution < -0.4 is 11.2 Å². The molecule has 0 spiro atoms. The molecule has 0 aliphatic carbocycles. The fourth-order valence-corrected chi connectivity index (χ4v) is 2.36. The molecule has 1 aliphatic rings. The van der Waals surface area contributed by atoms with Gasteiger partial charge in [0.15, 0.2) is 0 Å². The lowest BCUT2D eigenvalue weighted by Gasteiger charge is -2.14. The standard InChI is InChI=1S/C15H20N2O7/c1-9(19)23-5-3-2-4-10-7-17(15(22)16-14(10)21)13-6-11(20)12(8-18)24-13/h2,4,7,11-13,18,20H,3,5-6,8H2,1H3,(H,16,21,22)/t11-,12+,13+/m0/s1. The summed E-state index contributed by atoms with van der Waals surface area (Å²) in [6, 6.07) is 0. The summed E-state index contributed by atoms with van der Waals surface area (Å²) in [4.78, 5) is 36.6. The number of nitrogens with one attached hydrogen (secondary N) is 1. The number of H-pyrrole nitrogens is 1. The van der Waals surface area contributed by atoms with E-state index in [2.05, 4.69) is 4.98 Å². The first kappa shape index (κ1) is 18.1. The third-order valence-electron chi connectivity index (χ3n) is 3.58. The van der Waals surface area contributed by atoms with Gasteiger partial charge in [0.2, 0.25) is 0 Å². The molecule has 0 amide bonds. The van der Waals surface area contributed by atoms with Crippen LogP contribution in [0.5, 0.6) is 0 Å². The minimum atomic E-state index is -0.887. The molecule has 0 saturated carbocycles. The van der Waals surface area contributed by atoms with Gasteiger partial charge in [-0.3, -0.25) is 19.1 Å². The Morgan fingerprint density at radius 3 is 2.92 bits per heavy atom. The second-order valence-corrected chi connectivity index (χ2v) is 5.40. The van der Waals surface area contributed by atoms with E-state index in [1.165, 1.54) is 23.8 Å². The lowest BCUT2D eigenvalue weighted by Crippen LogP contribution is -2.33. The highest BCUT2D eigenvalue weighted by molar-refractivity contribution is 5.65. The Balaban J connectivity index is 2.14. The molecule has 0 bridgehead atoms. The third-order valence-corrected chi connectivity index (χ3v) is 3.58. The molecule has 0 unspecified atom stereocenters. The molecule has 24 heavy (non-hydrogen) atoms. The average Bonchev–Trinajstić information content (AvgIpc) is 2.89. The van der Waals surface area contributed by atoms with Gasteiger partial charge in [-0.15, -0.1) is 0 Å². The van der Waals surface area contributed by atoms with E-state index in [4.69, 9.17) is 14.6 Å². The van der Waals surface area contributed by atoms with Crippen molar-refractivity contribution in [3.63, 3.8) is 0 Å². The topological polar surface area (TPSA) is 131 Å². The van der Waals surface area contributed by atoms with Crippen LogP contribution in [0.3, 0.4) is 0 Å². The van der Waals surface area contributed by atoms with Crippen molar-refractivity contribution in [3.05, 3.63) is 38.7 Å². The van der Waals surface area contributed by atoms with Gasteiger partial charge >= 0.3 is 11.7 Å². The van der Waals surface area contributed by atoms with Crippen molar-refractivity contribution in [2.45, 2.75) is 38.2 Å². The molecule has 2 heterocycles. The van der Waals surface area contributed by atoms with E-state index in [1.807, 2.05) is 0 Å². The van der Waals surface area contributed by atoms with Crippen LogP contribution in [0.1, 0.15) is 31.6 Å². The maximum absolute atomic E-state index is 11.9. The van der Waals surface area contributed by atoms with Gasteiger partial charge in [0.05, 0.1) is 24.9 Å². The van der Waals surface area contributed by atoms with Crippen LogP contribution in [0.25, 0.3) is 6.08 Å². The molecule has 1 aromatic heterocycles. The smallest absolute Gasteiger partial charge is 0.330 e. The number of carbonyl (C=O) groups excluding carboxylic acids is 1. The number of ether oxygens (including phenoxy) is 2. The molecule has 0 aromatic carbocycles. The van der Waals surface area contributed by atoms with Crippen molar-refractivity contribution in [2.24, 2.45) is 0 Å². The van der Waals surface area contributed by atoms with Crippen molar-refractivity contribution >= 4 is 12.0 Å². The Bertz CT molecular complexity index is 721. The summed E-state index contributed by atoms with van der Waals surface area (Å²) >= 11 is 0. The van der Waals surface area contributed by atoms with Gasteiger partial charge in [-0.2, -0.15) is 0 Å². The van der Waals surface area contributed by atoms with E-state index >= 15 is 0 Å².